The second-order valence-electron chi connectivity index (χ2n) is 5.95. The van der Waals surface area contributed by atoms with Crippen molar-refractivity contribution in [2.45, 2.75) is 80.8 Å². The molecule has 130 valence electrons. The van der Waals surface area contributed by atoms with Crippen molar-refractivity contribution < 1.29 is 13.6 Å². The lowest BCUT2D eigenvalue weighted by Gasteiger charge is -2.25. The van der Waals surface area contributed by atoms with E-state index in [1.807, 2.05) is 30.3 Å². The van der Waals surface area contributed by atoms with Gasteiger partial charge in [0.15, 0.2) is 0 Å². The summed E-state index contributed by atoms with van der Waals surface area (Å²) in [7, 11) is 0. The number of hydrogen-bond acceptors (Lipinski definition) is 2. The summed E-state index contributed by atoms with van der Waals surface area (Å²) >= 11 is 1.11. The van der Waals surface area contributed by atoms with Crippen molar-refractivity contribution in [1.29, 1.82) is 0 Å². The van der Waals surface area contributed by atoms with Crippen molar-refractivity contribution in [3.8, 4) is 0 Å². The summed E-state index contributed by atoms with van der Waals surface area (Å²) in [5.74, 6) is -2.80. The minimum absolute atomic E-state index is 0.108. The van der Waals surface area contributed by atoms with Gasteiger partial charge >= 0.3 is 0 Å². The fourth-order valence-electron chi connectivity index (χ4n) is 2.54. The van der Waals surface area contributed by atoms with Crippen LogP contribution in [0.15, 0.2) is 35.2 Å². The quantitative estimate of drug-likeness (QED) is 0.231. The largest absolute Gasteiger partial charge is 0.303 e. The molecule has 0 spiro atoms. The highest BCUT2D eigenvalue weighted by Crippen LogP contribution is 2.39. The molecule has 1 aromatic rings. The highest BCUT2D eigenvalue weighted by Gasteiger charge is 2.39. The fraction of sp³-hybridized carbons (Fsp3) is 0.632. The minimum atomic E-state index is -2.80. The number of unbranched alkanes of at least 4 members (excludes halogenated alkanes) is 6. The Labute approximate surface area is 143 Å². The van der Waals surface area contributed by atoms with E-state index < -0.39 is 11.2 Å². The zero-order valence-corrected chi connectivity index (χ0v) is 14.8. The first-order valence-electron chi connectivity index (χ1n) is 8.63. The van der Waals surface area contributed by atoms with Crippen molar-refractivity contribution in [3.63, 3.8) is 0 Å². The number of halogens is 2. The molecule has 0 aliphatic rings. The first-order chi connectivity index (χ1) is 11.1. The summed E-state index contributed by atoms with van der Waals surface area (Å²) in [4.78, 5) is 11.6. The van der Waals surface area contributed by atoms with Gasteiger partial charge in [0.2, 0.25) is 0 Å². The number of benzene rings is 1. The molecule has 0 bridgehead atoms. The maximum absolute atomic E-state index is 14.4. The third-order valence-electron chi connectivity index (χ3n) is 3.92. The van der Waals surface area contributed by atoms with Gasteiger partial charge in [0.05, 0.1) is 5.25 Å². The molecule has 1 nitrogen and oxygen atoms in total. The molecule has 0 amide bonds. The SMILES string of the molecule is CCCCCCCCCC(F)(F)[C@H](CC=O)Sc1ccccc1. The Kier molecular flexibility index (Phi) is 10.2. The van der Waals surface area contributed by atoms with E-state index in [1.165, 1.54) is 19.3 Å². The molecular weight excluding hydrogens is 314 g/mol. The Bertz CT molecular complexity index is 423. The number of alkyl halides is 2. The number of aldehydes is 1. The van der Waals surface area contributed by atoms with Gasteiger partial charge in [0.1, 0.15) is 6.29 Å². The number of carbonyl (C=O) groups is 1. The van der Waals surface area contributed by atoms with Gasteiger partial charge in [0, 0.05) is 17.7 Å². The third-order valence-corrected chi connectivity index (χ3v) is 5.28. The van der Waals surface area contributed by atoms with Gasteiger partial charge in [-0.25, -0.2) is 8.78 Å². The van der Waals surface area contributed by atoms with Crippen molar-refractivity contribution in [2.75, 3.05) is 0 Å². The van der Waals surface area contributed by atoms with Crippen LogP contribution in [0.5, 0.6) is 0 Å². The molecule has 0 unspecified atom stereocenters. The van der Waals surface area contributed by atoms with Gasteiger partial charge in [-0.1, -0.05) is 63.6 Å². The standard InChI is InChI=1S/C19H28F2OS/c1-2-3-4-5-6-7-11-15-19(20,21)18(14-16-22)23-17-12-9-8-10-13-17/h8-10,12-13,16,18H,2-7,11,14-15H2,1H3/t18-/m0/s1. The minimum Gasteiger partial charge on any atom is -0.303 e. The zero-order chi connectivity index (χ0) is 17.0. The molecular formula is C19H28F2OS. The van der Waals surface area contributed by atoms with Crippen LogP contribution in [-0.2, 0) is 4.79 Å². The molecule has 1 atom stereocenters. The molecule has 1 rings (SSSR count). The Morgan fingerprint density at radius 1 is 1.04 bits per heavy atom. The molecule has 1 aromatic carbocycles. The maximum Gasteiger partial charge on any atom is 0.260 e. The average molecular weight is 342 g/mol. The summed E-state index contributed by atoms with van der Waals surface area (Å²) in [6.45, 7) is 2.16. The summed E-state index contributed by atoms with van der Waals surface area (Å²) in [5, 5.41) is -0.970. The third kappa shape index (κ3) is 8.50. The lowest BCUT2D eigenvalue weighted by Crippen LogP contribution is -2.31. The fourth-order valence-corrected chi connectivity index (χ4v) is 3.64. The van der Waals surface area contributed by atoms with Crippen molar-refractivity contribution in [3.05, 3.63) is 30.3 Å². The Balaban J connectivity index is 2.40. The Morgan fingerprint density at radius 2 is 1.65 bits per heavy atom. The van der Waals surface area contributed by atoms with Crippen molar-refractivity contribution in [1.82, 2.24) is 0 Å². The highest BCUT2D eigenvalue weighted by atomic mass is 32.2. The monoisotopic (exact) mass is 342 g/mol. The molecule has 0 radical (unpaired) electrons. The molecule has 0 aliphatic heterocycles. The van der Waals surface area contributed by atoms with E-state index in [1.54, 1.807) is 0 Å². The molecule has 4 heteroatoms. The van der Waals surface area contributed by atoms with Crippen LogP contribution < -0.4 is 0 Å². The summed E-state index contributed by atoms with van der Waals surface area (Å²) in [5.41, 5.74) is 0. The molecule has 0 aromatic heterocycles. The van der Waals surface area contributed by atoms with Crippen LogP contribution in [0.2, 0.25) is 0 Å². The van der Waals surface area contributed by atoms with Crippen LogP contribution in [0.3, 0.4) is 0 Å². The molecule has 0 saturated carbocycles. The van der Waals surface area contributed by atoms with Gasteiger partial charge in [-0.2, -0.15) is 0 Å². The van der Waals surface area contributed by atoms with Gasteiger partial charge in [0.25, 0.3) is 5.92 Å². The molecule has 0 aliphatic carbocycles. The smallest absolute Gasteiger partial charge is 0.260 e. The van der Waals surface area contributed by atoms with Gasteiger partial charge in [-0.15, -0.1) is 11.8 Å². The second kappa shape index (κ2) is 11.6. The number of hydrogen-bond donors (Lipinski definition) is 0. The highest BCUT2D eigenvalue weighted by molar-refractivity contribution is 8.00. The van der Waals surface area contributed by atoms with E-state index in [4.69, 9.17) is 0 Å². The lowest BCUT2D eigenvalue weighted by atomic mass is 10.0. The lowest BCUT2D eigenvalue weighted by molar-refractivity contribution is -0.109. The Morgan fingerprint density at radius 3 is 2.26 bits per heavy atom. The zero-order valence-electron chi connectivity index (χ0n) is 14.0. The number of rotatable bonds is 13. The predicted octanol–water partition coefficient (Wildman–Crippen LogP) is 6.51. The van der Waals surface area contributed by atoms with Crippen LogP contribution in [0.25, 0.3) is 0 Å². The van der Waals surface area contributed by atoms with Crippen LogP contribution in [0.4, 0.5) is 8.78 Å². The molecule has 0 heterocycles. The van der Waals surface area contributed by atoms with E-state index in [-0.39, 0.29) is 12.8 Å². The van der Waals surface area contributed by atoms with Crippen LogP contribution in [-0.4, -0.2) is 17.5 Å². The van der Waals surface area contributed by atoms with Crippen LogP contribution >= 0.6 is 11.8 Å². The van der Waals surface area contributed by atoms with Crippen LogP contribution in [0.1, 0.15) is 64.7 Å². The van der Waals surface area contributed by atoms with Gasteiger partial charge in [-0.05, 0) is 18.6 Å². The maximum atomic E-state index is 14.4. The first-order valence-corrected chi connectivity index (χ1v) is 9.51. The summed E-state index contributed by atoms with van der Waals surface area (Å²) < 4.78 is 28.8. The Hall–Kier alpha value is -0.900. The predicted molar refractivity (Wildman–Crippen MR) is 94.3 cm³/mol. The molecule has 0 fully saturated rings. The van der Waals surface area contributed by atoms with E-state index >= 15 is 0 Å². The molecule has 23 heavy (non-hydrogen) atoms. The summed E-state index contributed by atoms with van der Waals surface area (Å²) in [6, 6.07) is 9.14. The second-order valence-corrected chi connectivity index (χ2v) is 7.23. The van der Waals surface area contributed by atoms with E-state index in [2.05, 4.69) is 6.92 Å². The van der Waals surface area contributed by atoms with Crippen molar-refractivity contribution >= 4 is 18.0 Å². The molecule has 0 N–H and O–H groups in total. The summed E-state index contributed by atoms with van der Waals surface area (Å²) in [6.07, 6.45) is 7.54. The van der Waals surface area contributed by atoms with Crippen molar-refractivity contribution in [2.24, 2.45) is 0 Å². The first kappa shape index (κ1) is 20.1. The van der Waals surface area contributed by atoms with E-state index in [0.717, 1.165) is 35.9 Å². The van der Waals surface area contributed by atoms with E-state index in [0.29, 0.717) is 12.7 Å². The average Bonchev–Trinajstić information content (AvgIpc) is 2.54. The van der Waals surface area contributed by atoms with Crippen LogP contribution in [0, 0.1) is 0 Å². The number of thioether (sulfide) groups is 1. The van der Waals surface area contributed by atoms with E-state index in [9.17, 15) is 13.6 Å². The topological polar surface area (TPSA) is 17.1 Å². The number of carbonyl (C=O) groups excluding carboxylic acids is 1. The molecule has 0 saturated heterocycles. The van der Waals surface area contributed by atoms with Gasteiger partial charge < -0.3 is 4.79 Å². The van der Waals surface area contributed by atoms with Gasteiger partial charge in [-0.3, -0.25) is 0 Å². The normalized spacial score (nSPS) is 13.0.